The highest BCUT2D eigenvalue weighted by molar-refractivity contribution is 6.06. The first-order valence-electron chi connectivity index (χ1n) is 7.12. The van der Waals surface area contributed by atoms with Crippen molar-refractivity contribution in [3.05, 3.63) is 60.0 Å². The van der Waals surface area contributed by atoms with Crippen molar-refractivity contribution in [2.75, 3.05) is 11.9 Å². The van der Waals surface area contributed by atoms with Crippen LogP contribution < -0.4 is 15.8 Å². The van der Waals surface area contributed by atoms with Gasteiger partial charge in [0.25, 0.3) is 11.8 Å². The molecule has 3 aromatic rings. The zero-order chi connectivity index (χ0) is 17.1. The molecule has 0 spiro atoms. The molecule has 0 aliphatic rings. The molecule has 6 nitrogen and oxygen atoms in total. The Morgan fingerprint density at radius 3 is 2.79 bits per heavy atom. The Bertz CT molecular complexity index is 920. The highest BCUT2D eigenvalue weighted by Crippen LogP contribution is 2.20. The van der Waals surface area contributed by atoms with E-state index < -0.39 is 5.91 Å². The minimum atomic E-state index is -0.588. The van der Waals surface area contributed by atoms with Crippen molar-refractivity contribution in [3.8, 4) is 5.75 Å². The molecule has 0 aliphatic heterocycles. The maximum Gasteiger partial charge on any atom is 0.272 e. The van der Waals surface area contributed by atoms with Crippen molar-refractivity contribution in [3.63, 3.8) is 0 Å². The number of H-pyrrole nitrogens is 1. The quantitative estimate of drug-likeness (QED) is 0.671. The van der Waals surface area contributed by atoms with Gasteiger partial charge in [0.2, 0.25) is 0 Å². The van der Waals surface area contributed by atoms with E-state index in [0.29, 0.717) is 28.0 Å². The van der Waals surface area contributed by atoms with E-state index in [2.05, 4.69) is 10.3 Å². The summed E-state index contributed by atoms with van der Waals surface area (Å²) in [6.07, 6.45) is 0. The van der Waals surface area contributed by atoms with Gasteiger partial charge in [0.1, 0.15) is 17.3 Å². The fourth-order valence-corrected chi connectivity index (χ4v) is 2.24. The van der Waals surface area contributed by atoms with Crippen molar-refractivity contribution < 1.29 is 18.7 Å². The van der Waals surface area contributed by atoms with Crippen LogP contribution in [0.1, 0.15) is 10.5 Å². The molecule has 4 N–H and O–H groups in total. The molecule has 0 atom stereocenters. The number of amides is 2. The van der Waals surface area contributed by atoms with Crippen molar-refractivity contribution >= 4 is 28.4 Å². The summed E-state index contributed by atoms with van der Waals surface area (Å²) in [4.78, 5) is 25.9. The maximum absolute atomic E-state index is 13.2. The van der Waals surface area contributed by atoms with Crippen LogP contribution in [0, 0.1) is 5.82 Å². The molecule has 2 aromatic carbocycles. The Balaban J connectivity index is 1.75. The fraction of sp³-hybridized carbons (Fsp3) is 0.0588. The van der Waals surface area contributed by atoms with E-state index in [1.807, 2.05) is 0 Å². The van der Waals surface area contributed by atoms with Crippen molar-refractivity contribution in [2.45, 2.75) is 0 Å². The number of primary amides is 1. The molecule has 0 saturated carbocycles. The van der Waals surface area contributed by atoms with Gasteiger partial charge in [-0.3, -0.25) is 9.59 Å². The van der Waals surface area contributed by atoms with Crippen LogP contribution in [0.2, 0.25) is 0 Å². The smallest absolute Gasteiger partial charge is 0.272 e. The van der Waals surface area contributed by atoms with Crippen LogP contribution in [0.4, 0.5) is 10.1 Å². The van der Waals surface area contributed by atoms with Crippen molar-refractivity contribution in [2.24, 2.45) is 5.73 Å². The number of anilines is 1. The molecule has 0 unspecified atom stereocenters. The molecule has 1 aromatic heterocycles. The number of carbonyl (C=O) groups is 2. The molecule has 0 radical (unpaired) electrons. The lowest BCUT2D eigenvalue weighted by Gasteiger charge is -2.07. The van der Waals surface area contributed by atoms with Gasteiger partial charge in [0.05, 0.1) is 0 Å². The van der Waals surface area contributed by atoms with Crippen LogP contribution in [0.25, 0.3) is 10.9 Å². The monoisotopic (exact) mass is 327 g/mol. The van der Waals surface area contributed by atoms with Crippen molar-refractivity contribution in [1.82, 2.24) is 4.98 Å². The number of hydrogen-bond acceptors (Lipinski definition) is 3. The summed E-state index contributed by atoms with van der Waals surface area (Å²) < 4.78 is 18.4. The Hall–Kier alpha value is -3.35. The van der Waals surface area contributed by atoms with Gasteiger partial charge in [-0.25, -0.2) is 4.39 Å². The van der Waals surface area contributed by atoms with E-state index in [0.717, 1.165) is 0 Å². The molecule has 0 saturated heterocycles. The average Bonchev–Trinajstić information content (AvgIpc) is 2.96. The lowest BCUT2D eigenvalue weighted by atomic mass is 10.2. The number of aromatic amines is 1. The molecule has 122 valence electrons. The van der Waals surface area contributed by atoms with Crippen LogP contribution in [-0.2, 0) is 4.79 Å². The minimum Gasteiger partial charge on any atom is -0.484 e. The number of carbonyl (C=O) groups excluding carboxylic acids is 2. The highest BCUT2D eigenvalue weighted by atomic mass is 19.1. The van der Waals surface area contributed by atoms with E-state index in [9.17, 15) is 14.0 Å². The third-order valence-corrected chi connectivity index (χ3v) is 3.30. The van der Waals surface area contributed by atoms with E-state index in [-0.39, 0.29) is 18.3 Å². The summed E-state index contributed by atoms with van der Waals surface area (Å²) in [6, 6.07) is 12.4. The second-order valence-electron chi connectivity index (χ2n) is 5.15. The number of hydrogen-bond donors (Lipinski definition) is 3. The largest absolute Gasteiger partial charge is 0.484 e. The predicted molar refractivity (Wildman–Crippen MR) is 87.3 cm³/mol. The molecule has 24 heavy (non-hydrogen) atoms. The second kappa shape index (κ2) is 6.41. The van der Waals surface area contributed by atoms with E-state index >= 15 is 0 Å². The van der Waals surface area contributed by atoms with Gasteiger partial charge in [0, 0.05) is 22.7 Å². The highest BCUT2D eigenvalue weighted by Gasteiger charge is 2.11. The lowest BCUT2D eigenvalue weighted by Crippen LogP contribution is -2.20. The second-order valence-corrected chi connectivity index (χ2v) is 5.15. The third-order valence-electron chi connectivity index (χ3n) is 3.30. The van der Waals surface area contributed by atoms with Gasteiger partial charge in [-0.2, -0.15) is 0 Å². The summed E-state index contributed by atoms with van der Waals surface area (Å²) >= 11 is 0. The molecule has 0 aliphatic carbocycles. The number of halogens is 1. The topological polar surface area (TPSA) is 97.2 Å². The van der Waals surface area contributed by atoms with Gasteiger partial charge in [-0.05, 0) is 36.4 Å². The first-order chi connectivity index (χ1) is 11.5. The first-order valence-corrected chi connectivity index (χ1v) is 7.12. The van der Waals surface area contributed by atoms with Crippen LogP contribution in [0.15, 0.2) is 48.5 Å². The molecular weight excluding hydrogens is 313 g/mol. The molecule has 1 heterocycles. The van der Waals surface area contributed by atoms with Gasteiger partial charge in [-0.1, -0.05) is 6.07 Å². The van der Waals surface area contributed by atoms with Crippen LogP contribution >= 0.6 is 0 Å². The Morgan fingerprint density at radius 2 is 2.00 bits per heavy atom. The van der Waals surface area contributed by atoms with Crippen LogP contribution in [0.5, 0.6) is 5.75 Å². The first kappa shape index (κ1) is 15.5. The number of nitrogens with one attached hydrogen (secondary N) is 2. The average molecular weight is 327 g/mol. The standard InChI is InChI=1S/C17H14FN3O3/c18-11-4-5-14-10(6-11)7-15(21-14)17(23)20-12-2-1-3-13(8-12)24-9-16(19)22/h1-8,21H,9H2,(H2,19,22)(H,20,23). The Kier molecular flexibility index (Phi) is 4.15. The summed E-state index contributed by atoms with van der Waals surface area (Å²) in [7, 11) is 0. The number of ether oxygens (including phenoxy) is 1. The molecular formula is C17H14FN3O3. The van der Waals surface area contributed by atoms with E-state index in [1.54, 1.807) is 36.4 Å². The SMILES string of the molecule is NC(=O)COc1cccc(NC(=O)c2cc3cc(F)ccc3[nH]2)c1. The zero-order valence-corrected chi connectivity index (χ0v) is 12.5. The Morgan fingerprint density at radius 1 is 1.17 bits per heavy atom. The van der Waals surface area contributed by atoms with Gasteiger partial charge in [0.15, 0.2) is 6.61 Å². The molecule has 0 bridgehead atoms. The molecule has 0 fully saturated rings. The van der Waals surface area contributed by atoms with E-state index in [4.69, 9.17) is 10.5 Å². The number of fused-ring (bicyclic) bond motifs is 1. The zero-order valence-electron chi connectivity index (χ0n) is 12.5. The Labute approximate surface area is 136 Å². The molecule has 3 rings (SSSR count). The van der Waals surface area contributed by atoms with Gasteiger partial charge >= 0.3 is 0 Å². The lowest BCUT2D eigenvalue weighted by molar-refractivity contribution is -0.119. The number of benzene rings is 2. The molecule has 2 amide bonds. The number of nitrogens with two attached hydrogens (primary N) is 1. The summed E-state index contributed by atoms with van der Waals surface area (Å²) in [5.41, 5.74) is 6.48. The summed E-state index contributed by atoms with van der Waals surface area (Å²) in [5.74, 6) is -0.925. The summed E-state index contributed by atoms with van der Waals surface area (Å²) in [6.45, 7) is -0.245. The van der Waals surface area contributed by atoms with Crippen LogP contribution in [0.3, 0.4) is 0 Å². The minimum absolute atomic E-state index is 0.245. The number of aromatic nitrogens is 1. The maximum atomic E-state index is 13.2. The fourth-order valence-electron chi connectivity index (χ4n) is 2.24. The van der Waals surface area contributed by atoms with Crippen LogP contribution in [-0.4, -0.2) is 23.4 Å². The third kappa shape index (κ3) is 3.52. The predicted octanol–water partition coefficient (Wildman–Crippen LogP) is 2.42. The van der Waals surface area contributed by atoms with Gasteiger partial charge in [-0.15, -0.1) is 0 Å². The number of rotatable bonds is 5. The summed E-state index contributed by atoms with van der Waals surface area (Å²) in [5, 5.41) is 3.31. The van der Waals surface area contributed by atoms with E-state index in [1.165, 1.54) is 12.1 Å². The van der Waals surface area contributed by atoms with Gasteiger partial charge < -0.3 is 20.8 Å². The molecule has 7 heteroatoms. The normalized spacial score (nSPS) is 10.5. The van der Waals surface area contributed by atoms with Crippen molar-refractivity contribution in [1.29, 1.82) is 0 Å².